The fourth-order valence-electron chi connectivity index (χ4n) is 5.34. The lowest BCUT2D eigenvalue weighted by Gasteiger charge is -2.20. The van der Waals surface area contributed by atoms with Crippen molar-refractivity contribution in [2.24, 2.45) is 5.73 Å². The number of carbonyl (C=O) groups excluding carboxylic acids is 2. The second kappa shape index (κ2) is 39.0. The fraction of sp³-hybridized carbons (Fsp3) is 0.705. The summed E-state index contributed by atoms with van der Waals surface area (Å²) < 4.78 is 32.6. The van der Waals surface area contributed by atoms with Gasteiger partial charge in [-0.25, -0.2) is 4.57 Å². The SMILES string of the molecule is CCCCC/C=C/C/C=C/C/C=C/C/C=C/CCCCCC(=O)O[C@@H](COC(=O)CCCCC/C=C/CCCCCCCC)COP(=O)(O)OC[C@H](N)C(=O)O. The monoisotopic (exact) mass is 810 g/mol. The number of esters is 2. The van der Waals surface area contributed by atoms with Gasteiger partial charge in [-0.05, 0) is 83.5 Å². The molecule has 322 valence electrons. The molecule has 11 nitrogen and oxygen atoms in total. The summed E-state index contributed by atoms with van der Waals surface area (Å²) in [7, 11) is -4.73. The number of hydrogen-bond donors (Lipinski definition) is 3. The maximum absolute atomic E-state index is 12.6. The van der Waals surface area contributed by atoms with Gasteiger partial charge in [0.25, 0.3) is 0 Å². The number of carboxylic acids is 1. The van der Waals surface area contributed by atoms with Crippen molar-refractivity contribution in [1.82, 2.24) is 0 Å². The highest BCUT2D eigenvalue weighted by atomic mass is 31.2. The van der Waals surface area contributed by atoms with Gasteiger partial charge in [0.05, 0.1) is 13.2 Å². The number of carboxylic acid groups (broad SMARTS) is 1. The zero-order valence-electron chi connectivity index (χ0n) is 34.7. The summed E-state index contributed by atoms with van der Waals surface area (Å²) in [5.74, 6) is -2.45. The molecule has 1 unspecified atom stereocenters. The lowest BCUT2D eigenvalue weighted by molar-refractivity contribution is -0.161. The molecule has 0 aromatic heterocycles. The molecule has 3 atom stereocenters. The molecule has 0 radical (unpaired) electrons. The smallest absolute Gasteiger partial charge is 0.472 e. The molecule has 12 heteroatoms. The van der Waals surface area contributed by atoms with E-state index in [4.69, 9.17) is 24.8 Å². The van der Waals surface area contributed by atoms with E-state index in [1.165, 1.54) is 64.2 Å². The molecule has 0 heterocycles. The molecule has 4 N–H and O–H groups in total. The van der Waals surface area contributed by atoms with Gasteiger partial charge in [-0.1, -0.05) is 132 Å². The van der Waals surface area contributed by atoms with Gasteiger partial charge >= 0.3 is 25.7 Å². The topological polar surface area (TPSA) is 172 Å². The summed E-state index contributed by atoms with van der Waals surface area (Å²) >= 11 is 0. The molecule has 0 aliphatic rings. The first kappa shape index (κ1) is 53.2. The van der Waals surface area contributed by atoms with Crippen molar-refractivity contribution in [3.8, 4) is 0 Å². The quantitative estimate of drug-likeness (QED) is 0.0233. The molecular formula is C44H76NO10P. The van der Waals surface area contributed by atoms with Crippen molar-refractivity contribution < 1.29 is 47.5 Å². The van der Waals surface area contributed by atoms with Crippen LogP contribution in [0.3, 0.4) is 0 Å². The van der Waals surface area contributed by atoms with Crippen LogP contribution in [0.2, 0.25) is 0 Å². The van der Waals surface area contributed by atoms with Crippen LogP contribution in [0.15, 0.2) is 60.8 Å². The average Bonchev–Trinajstić information content (AvgIpc) is 3.17. The molecule has 0 saturated heterocycles. The van der Waals surface area contributed by atoms with E-state index >= 15 is 0 Å². The average molecular weight is 810 g/mol. The van der Waals surface area contributed by atoms with E-state index in [9.17, 15) is 23.8 Å². The lowest BCUT2D eigenvalue weighted by atomic mass is 10.1. The van der Waals surface area contributed by atoms with E-state index in [0.717, 1.165) is 64.2 Å². The van der Waals surface area contributed by atoms with Gasteiger partial charge in [0, 0.05) is 12.8 Å². The third-order valence-corrected chi connectivity index (χ3v) is 9.69. The molecule has 0 amide bonds. The minimum Gasteiger partial charge on any atom is -0.480 e. The number of aliphatic carboxylic acids is 1. The fourth-order valence-corrected chi connectivity index (χ4v) is 6.11. The minimum atomic E-state index is -4.73. The minimum absolute atomic E-state index is 0.118. The van der Waals surface area contributed by atoms with Crippen molar-refractivity contribution in [3.63, 3.8) is 0 Å². The van der Waals surface area contributed by atoms with Crippen molar-refractivity contribution in [1.29, 1.82) is 0 Å². The van der Waals surface area contributed by atoms with Crippen LogP contribution in [0.4, 0.5) is 0 Å². The molecule has 0 aliphatic carbocycles. The second-order valence-corrected chi connectivity index (χ2v) is 15.6. The van der Waals surface area contributed by atoms with Crippen LogP contribution in [0, 0.1) is 0 Å². The highest BCUT2D eigenvalue weighted by Crippen LogP contribution is 2.43. The Morgan fingerprint density at radius 3 is 1.46 bits per heavy atom. The number of unbranched alkanes of at least 4 members (excludes halogenated alkanes) is 15. The van der Waals surface area contributed by atoms with Crippen molar-refractivity contribution in [2.75, 3.05) is 19.8 Å². The summed E-state index contributed by atoms with van der Waals surface area (Å²) in [5.41, 5.74) is 5.32. The molecule has 0 aromatic carbocycles. The van der Waals surface area contributed by atoms with E-state index in [0.29, 0.717) is 12.8 Å². The highest BCUT2D eigenvalue weighted by Gasteiger charge is 2.28. The van der Waals surface area contributed by atoms with Gasteiger partial charge in [-0.15, -0.1) is 0 Å². The Kier molecular flexibility index (Phi) is 37.1. The van der Waals surface area contributed by atoms with Gasteiger partial charge in [-0.3, -0.25) is 23.4 Å². The number of carbonyl (C=O) groups is 3. The van der Waals surface area contributed by atoms with Crippen molar-refractivity contribution >= 4 is 25.7 Å². The first-order valence-electron chi connectivity index (χ1n) is 21.3. The van der Waals surface area contributed by atoms with Crippen LogP contribution in [0.1, 0.15) is 168 Å². The Labute approximate surface area is 338 Å². The Bertz CT molecular complexity index is 1180. The molecule has 0 saturated carbocycles. The van der Waals surface area contributed by atoms with E-state index in [-0.39, 0.29) is 19.4 Å². The normalized spacial score (nSPS) is 14.4. The second-order valence-electron chi connectivity index (χ2n) is 14.1. The van der Waals surface area contributed by atoms with Crippen LogP contribution in [-0.4, -0.2) is 59.9 Å². The zero-order valence-corrected chi connectivity index (χ0v) is 35.6. The predicted molar refractivity (Wildman–Crippen MR) is 226 cm³/mol. The first-order valence-corrected chi connectivity index (χ1v) is 22.8. The molecule has 0 spiro atoms. The Morgan fingerprint density at radius 2 is 0.946 bits per heavy atom. The van der Waals surface area contributed by atoms with E-state index in [1.807, 2.05) is 0 Å². The Morgan fingerprint density at radius 1 is 0.554 bits per heavy atom. The Hall–Kier alpha value is -2.82. The largest absolute Gasteiger partial charge is 0.480 e. The summed E-state index contributed by atoms with van der Waals surface area (Å²) in [6, 6.07) is -1.53. The third kappa shape index (κ3) is 38.1. The van der Waals surface area contributed by atoms with Crippen LogP contribution in [-0.2, 0) is 37.5 Å². The van der Waals surface area contributed by atoms with E-state index in [1.54, 1.807) is 0 Å². The summed E-state index contributed by atoms with van der Waals surface area (Å²) in [6.45, 7) is 2.70. The third-order valence-electron chi connectivity index (χ3n) is 8.74. The molecular weight excluding hydrogens is 733 g/mol. The van der Waals surface area contributed by atoms with Crippen molar-refractivity contribution in [3.05, 3.63) is 60.8 Å². The number of hydrogen-bond acceptors (Lipinski definition) is 9. The van der Waals surface area contributed by atoms with Gasteiger partial charge < -0.3 is 25.2 Å². The van der Waals surface area contributed by atoms with Gasteiger partial charge in [0.15, 0.2) is 6.10 Å². The molecule has 56 heavy (non-hydrogen) atoms. The lowest BCUT2D eigenvalue weighted by Crippen LogP contribution is -2.34. The number of phosphoric acid groups is 1. The highest BCUT2D eigenvalue weighted by molar-refractivity contribution is 7.47. The van der Waals surface area contributed by atoms with E-state index in [2.05, 4.69) is 79.1 Å². The maximum Gasteiger partial charge on any atom is 0.472 e. The first-order chi connectivity index (χ1) is 27.1. The Balaban J connectivity index is 4.48. The molecule has 0 bridgehead atoms. The molecule has 0 aromatic rings. The van der Waals surface area contributed by atoms with Crippen LogP contribution >= 0.6 is 7.82 Å². The van der Waals surface area contributed by atoms with Crippen molar-refractivity contribution in [2.45, 2.75) is 180 Å². The summed E-state index contributed by atoms with van der Waals surface area (Å²) in [5, 5.41) is 8.88. The van der Waals surface area contributed by atoms with Crippen LogP contribution in [0.5, 0.6) is 0 Å². The maximum atomic E-state index is 12.6. The van der Waals surface area contributed by atoms with Gasteiger partial charge in [0.2, 0.25) is 0 Å². The molecule has 0 fully saturated rings. The zero-order chi connectivity index (χ0) is 41.4. The van der Waals surface area contributed by atoms with E-state index < -0.39 is 51.1 Å². The number of allylic oxidation sites excluding steroid dienone is 10. The van der Waals surface area contributed by atoms with Gasteiger partial charge in [0.1, 0.15) is 12.6 Å². The number of phosphoric ester groups is 1. The number of ether oxygens (including phenoxy) is 2. The number of nitrogens with two attached hydrogens (primary N) is 1. The van der Waals surface area contributed by atoms with Crippen LogP contribution in [0.25, 0.3) is 0 Å². The van der Waals surface area contributed by atoms with Crippen LogP contribution < -0.4 is 5.73 Å². The molecule has 0 aliphatic heterocycles. The number of rotatable bonds is 39. The summed E-state index contributed by atoms with van der Waals surface area (Å²) in [4.78, 5) is 45.9. The molecule has 0 rings (SSSR count). The standard InChI is InChI=1S/C44H76NO10P/c1-3-5-7-9-11-13-15-17-18-19-20-21-22-24-26-28-30-32-34-36-43(47)55-40(38-53-56(50,51)54-39-41(45)44(48)49)37-52-42(46)35-33-31-29-27-25-23-16-14-12-10-8-6-4-2/h11,13,17-18,20-21,23-26,40-41H,3-10,12,14-16,19,22,27-39,45H2,1-2H3,(H,48,49)(H,50,51)/b13-11+,18-17+,21-20+,25-23+,26-24+/t40-,41-/m0/s1. The summed E-state index contributed by atoms with van der Waals surface area (Å²) in [6.07, 6.45) is 44.3. The van der Waals surface area contributed by atoms with Gasteiger partial charge in [-0.2, -0.15) is 0 Å². The predicted octanol–water partition coefficient (Wildman–Crippen LogP) is 11.2.